The molecule has 1 aromatic heterocycles. The molecule has 0 saturated heterocycles. The van der Waals surface area contributed by atoms with Gasteiger partial charge in [0, 0.05) is 30.6 Å². The van der Waals surface area contributed by atoms with E-state index in [1.807, 2.05) is 13.0 Å². The van der Waals surface area contributed by atoms with Crippen molar-refractivity contribution >= 4 is 16.6 Å². The highest BCUT2D eigenvalue weighted by Crippen LogP contribution is 2.41. The Bertz CT molecular complexity index is 1040. The maximum absolute atomic E-state index is 14.5. The highest BCUT2D eigenvalue weighted by Gasteiger charge is 2.30. The minimum atomic E-state index is -0.132. The van der Waals surface area contributed by atoms with Crippen molar-refractivity contribution in [3.05, 3.63) is 69.7 Å². The summed E-state index contributed by atoms with van der Waals surface area (Å²) < 4.78 is 14.5. The van der Waals surface area contributed by atoms with Crippen molar-refractivity contribution in [2.24, 2.45) is 0 Å². The number of allylic oxidation sites excluding steroid dienone is 4. The van der Waals surface area contributed by atoms with Crippen LogP contribution in [0.15, 0.2) is 35.9 Å². The summed E-state index contributed by atoms with van der Waals surface area (Å²) in [7, 11) is 2.13. The maximum Gasteiger partial charge on any atom is 0.128 e. The summed E-state index contributed by atoms with van der Waals surface area (Å²) in [6, 6.07) is 1.63. The molecule has 3 heteroatoms. The molecule has 4 rings (SSSR count). The third kappa shape index (κ3) is 2.88. The molecule has 0 radical (unpaired) electrons. The van der Waals surface area contributed by atoms with E-state index < -0.39 is 0 Å². The Labute approximate surface area is 167 Å². The van der Waals surface area contributed by atoms with Gasteiger partial charge in [-0.25, -0.2) is 9.37 Å². The minimum Gasteiger partial charge on any atom is -0.368 e. The van der Waals surface area contributed by atoms with Gasteiger partial charge >= 0.3 is 0 Å². The van der Waals surface area contributed by atoms with Crippen molar-refractivity contribution in [1.29, 1.82) is 0 Å². The molecule has 0 N–H and O–H groups in total. The van der Waals surface area contributed by atoms with Crippen molar-refractivity contribution in [1.82, 2.24) is 9.88 Å². The number of nitrogens with zero attached hydrogens (tertiary/aromatic N) is 2. The molecule has 0 bridgehead atoms. The molecule has 0 spiro atoms. The van der Waals surface area contributed by atoms with E-state index in [9.17, 15) is 4.39 Å². The Kier molecular flexibility index (Phi) is 4.86. The molecule has 28 heavy (non-hydrogen) atoms. The molecule has 1 aliphatic carbocycles. The zero-order valence-corrected chi connectivity index (χ0v) is 17.5. The van der Waals surface area contributed by atoms with Gasteiger partial charge in [0.1, 0.15) is 5.82 Å². The van der Waals surface area contributed by atoms with E-state index in [0.717, 1.165) is 61.1 Å². The fraction of sp³-hybridized carbons (Fsp3) is 0.400. The number of aryl methyl sites for hydroxylation is 2. The molecule has 2 nitrogen and oxygen atoms in total. The van der Waals surface area contributed by atoms with E-state index >= 15 is 0 Å². The van der Waals surface area contributed by atoms with Crippen molar-refractivity contribution in [3.8, 4) is 0 Å². The maximum atomic E-state index is 14.5. The third-order valence-electron chi connectivity index (χ3n) is 6.34. The molecule has 146 valence electrons. The Hall–Kier alpha value is -2.42. The Morgan fingerprint density at radius 1 is 1.29 bits per heavy atom. The normalized spacial score (nSPS) is 17.9. The zero-order chi connectivity index (χ0) is 20.0. The number of hydrogen-bond acceptors (Lipinski definition) is 2. The second-order valence-electron chi connectivity index (χ2n) is 8.18. The molecule has 2 aliphatic rings. The number of aromatic nitrogens is 1. The lowest BCUT2D eigenvalue weighted by atomic mass is 9.85. The van der Waals surface area contributed by atoms with Crippen molar-refractivity contribution in [3.63, 3.8) is 0 Å². The quantitative estimate of drug-likeness (QED) is 0.586. The van der Waals surface area contributed by atoms with Crippen LogP contribution in [0, 0.1) is 12.7 Å². The van der Waals surface area contributed by atoms with Crippen LogP contribution in [0.25, 0.3) is 16.6 Å². The monoisotopic (exact) mass is 376 g/mol. The van der Waals surface area contributed by atoms with E-state index in [0.29, 0.717) is 0 Å². The van der Waals surface area contributed by atoms with Crippen LogP contribution in [0.1, 0.15) is 61.1 Å². The molecule has 1 aromatic carbocycles. The molecule has 2 aromatic rings. The summed E-state index contributed by atoms with van der Waals surface area (Å²) in [4.78, 5) is 7.26. The van der Waals surface area contributed by atoms with Gasteiger partial charge in [-0.05, 0) is 73.4 Å². The van der Waals surface area contributed by atoms with Gasteiger partial charge in [0.25, 0.3) is 0 Å². The summed E-state index contributed by atoms with van der Waals surface area (Å²) in [6.07, 6.45) is 9.42. The average Bonchev–Trinajstić information content (AvgIpc) is 2.99. The van der Waals surface area contributed by atoms with E-state index in [-0.39, 0.29) is 5.82 Å². The molecule has 2 heterocycles. The van der Waals surface area contributed by atoms with Crippen molar-refractivity contribution in [2.45, 2.75) is 59.4 Å². The number of fused-ring (bicyclic) bond motifs is 2. The Balaban J connectivity index is 1.95. The average molecular weight is 377 g/mol. The largest absolute Gasteiger partial charge is 0.368 e. The van der Waals surface area contributed by atoms with Crippen LogP contribution in [-0.4, -0.2) is 16.9 Å². The minimum absolute atomic E-state index is 0.132. The van der Waals surface area contributed by atoms with E-state index in [1.165, 1.54) is 33.2 Å². The van der Waals surface area contributed by atoms with Crippen molar-refractivity contribution < 1.29 is 4.39 Å². The third-order valence-corrected chi connectivity index (χ3v) is 6.34. The number of halogens is 1. The van der Waals surface area contributed by atoms with E-state index in [2.05, 4.69) is 38.5 Å². The standard InChI is InChI=1S/C25H29FN2/c1-6-9-17(7-2)15(3)12-23-25-20(14-28(23)5)19-11-8-10-18-16(4)21(26)13-22(27-25)24(18)19/h7,12-13H,2,6,8-11,14H2,1,3-5H3/b17-15+,23-12-. The number of rotatable bonds is 4. The molecule has 0 saturated carbocycles. The van der Waals surface area contributed by atoms with Crippen LogP contribution in [0.4, 0.5) is 4.39 Å². The lowest BCUT2D eigenvalue weighted by Crippen LogP contribution is -2.10. The fourth-order valence-corrected chi connectivity index (χ4v) is 4.81. The molecular weight excluding hydrogens is 347 g/mol. The predicted octanol–water partition coefficient (Wildman–Crippen LogP) is 6.26. The molecule has 0 amide bonds. The van der Waals surface area contributed by atoms with Gasteiger partial charge in [-0.2, -0.15) is 0 Å². The summed E-state index contributed by atoms with van der Waals surface area (Å²) in [6.45, 7) is 11.1. The molecule has 1 aliphatic heterocycles. The summed E-state index contributed by atoms with van der Waals surface area (Å²) in [5.74, 6) is -0.132. The second kappa shape index (κ2) is 7.20. The first-order valence-electron chi connectivity index (χ1n) is 10.3. The van der Waals surface area contributed by atoms with Gasteiger partial charge in [-0.15, -0.1) is 0 Å². The van der Waals surface area contributed by atoms with Crippen LogP contribution < -0.4 is 0 Å². The first-order valence-corrected chi connectivity index (χ1v) is 10.3. The van der Waals surface area contributed by atoms with Crippen LogP contribution >= 0.6 is 0 Å². The van der Waals surface area contributed by atoms with Gasteiger partial charge in [0.15, 0.2) is 0 Å². The van der Waals surface area contributed by atoms with Gasteiger partial charge in [-0.1, -0.05) is 26.0 Å². The smallest absolute Gasteiger partial charge is 0.128 e. The molecule has 0 atom stereocenters. The summed E-state index contributed by atoms with van der Waals surface area (Å²) in [5, 5.41) is 1.21. The summed E-state index contributed by atoms with van der Waals surface area (Å²) >= 11 is 0. The second-order valence-corrected chi connectivity index (χ2v) is 8.18. The molecule has 0 fully saturated rings. The number of pyridine rings is 1. The zero-order valence-electron chi connectivity index (χ0n) is 17.5. The van der Waals surface area contributed by atoms with Gasteiger partial charge in [0.05, 0.1) is 16.9 Å². The van der Waals surface area contributed by atoms with Gasteiger partial charge in [-0.3, -0.25) is 0 Å². The predicted molar refractivity (Wildman–Crippen MR) is 116 cm³/mol. The van der Waals surface area contributed by atoms with Crippen molar-refractivity contribution in [2.75, 3.05) is 7.05 Å². The number of hydrogen-bond donors (Lipinski definition) is 0. The van der Waals surface area contributed by atoms with Crippen LogP contribution in [-0.2, 0) is 19.4 Å². The van der Waals surface area contributed by atoms with Gasteiger partial charge < -0.3 is 4.90 Å². The molecular formula is C25H29FN2. The van der Waals surface area contributed by atoms with E-state index in [1.54, 1.807) is 6.07 Å². The van der Waals surface area contributed by atoms with Crippen LogP contribution in [0.3, 0.4) is 0 Å². The Morgan fingerprint density at radius 2 is 2.04 bits per heavy atom. The highest BCUT2D eigenvalue weighted by molar-refractivity contribution is 5.92. The molecule has 0 unspecified atom stereocenters. The number of benzene rings is 1. The first kappa shape index (κ1) is 18.9. The first-order chi connectivity index (χ1) is 13.5. The van der Waals surface area contributed by atoms with Gasteiger partial charge in [0.2, 0.25) is 0 Å². The highest BCUT2D eigenvalue weighted by atomic mass is 19.1. The van der Waals surface area contributed by atoms with E-state index in [4.69, 9.17) is 4.98 Å². The lowest BCUT2D eigenvalue weighted by Gasteiger charge is -2.21. The topological polar surface area (TPSA) is 16.1 Å². The lowest BCUT2D eigenvalue weighted by molar-refractivity contribution is 0.498. The van der Waals surface area contributed by atoms with Crippen LogP contribution in [0.5, 0.6) is 0 Å². The Morgan fingerprint density at radius 3 is 2.75 bits per heavy atom. The SMILES string of the molecule is C=C/C(CCC)=C(C)\C=C1\c2nc3cc(F)c(C)c4c3c(c2CN1C)CCC4. The fourth-order valence-electron chi connectivity index (χ4n) is 4.81. The summed E-state index contributed by atoms with van der Waals surface area (Å²) in [5.41, 5.74) is 10.2. The van der Waals surface area contributed by atoms with Crippen LogP contribution in [0.2, 0.25) is 0 Å².